The van der Waals surface area contributed by atoms with Crippen molar-refractivity contribution in [3.63, 3.8) is 0 Å². The van der Waals surface area contributed by atoms with Crippen LogP contribution >= 0.6 is 0 Å². The number of nitrogens with two attached hydrogens (primary N) is 1. The summed E-state index contributed by atoms with van der Waals surface area (Å²) in [6.07, 6.45) is 0.530. The lowest BCUT2D eigenvalue weighted by atomic mass is 9.97. The lowest BCUT2D eigenvalue weighted by molar-refractivity contribution is 0.00440. The van der Waals surface area contributed by atoms with Gasteiger partial charge in [-0.15, -0.1) is 0 Å². The first-order chi connectivity index (χ1) is 7.58. The van der Waals surface area contributed by atoms with Crippen LogP contribution in [0.4, 0.5) is 13.2 Å². The van der Waals surface area contributed by atoms with Crippen molar-refractivity contribution in [3.05, 3.63) is 35.1 Å². The molecule has 1 aromatic carbocycles. The summed E-state index contributed by atoms with van der Waals surface area (Å²) >= 11 is 0. The quantitative estimate of drug-likeness (QED) is 0.752. The van der Waals surface area contributed by atoms with Crippen LogP contribution in [0.5, 0.6) is 0 Å². The Morgan fingerprint density at radius 3 is 2.50 bits per heavy atom. The third kappa shape index (κ3) is 2.20. The van der Waals surface area contributed by atoms with E-state index < -0.39 is 23.6 Å². The third-order valence-electron chi connectivity index (χ3n) is 2.71. The average Bonchev–Trinajstić information content (AvgIpc) is 2.23. The van der Waals surface area contributed by atoms with E-state index in [-0.39, 0.29) is 11.6 Å². The first kappa shape index (κ1) is 11.4. The van der Waals surface area contributed by atoms with Crippen LogP contribution in [0.1, 0.15) is 24.5 Å². The Hall–Kier alpha value is -1.07. The molecule has 1 aliphatic rings. The van der Waals surface area contributed by atoms with E-state index in [9.17, 15) is 13.2 Å². The molecule has 5 heteroatoms. The SMILES string of the molecule is NC1CCOC(c2cc(F)c(F)cc2F)C1. The predicted molar refractivity (Wildman–Crippen MR) is 52.2 cm³/mol. The zero-order chi connectivity index (χ0) is 11.7. The van der Waals surface area contributed by atoms with E-state index in [0.717, 1.165) is 6.07 Å². The molecule has 2 atom stereocenters. The first-order valence-electron chi connectivity index (χ1n) is 5.09. The van der Waals surface area contributed by atoms with E-state index in [1.54, 1.807) is 0 Å². The summed E-state index contributed by atoms with van der Waals surface area (Å²) in [5.41, 5.74) is 5.75. The molecule has 2 nitrogen and oxygen atoms in total. The summed E-state index contributed by atoms with van der Waals surface area (Å²) in [6.45, 7) is 0.407. The zero-order valence-electron chi connectivity index (χ0n) is 8.55. The molecule has 0 spiro atoms. The van der Waals surface area contributed by atoms with Crippen LogP contribution < -0.4 is 5.73 Å². The molecule has 16 heavy (non-hydrogen) atoms. The van der Waals surface area contributed by atoms with Gasteiger partial charge < -0.3 is 10.5 Å². The molecular formula is C11H12F3NO. The largest absolute Gasteiger partial charge is 0.373 e. The molecule has 0 amide bonds. The molecule has 88 valence electrons. The molecule has 2 unspecified atom stereocenters. The molecular weight excluding hydrogens is 219 g/mol. The fraction of sp³-hybridized carbons (Fsp3) is 0.455. The van der Waals surface area contributed by atoms with Crippen molar-refractivity contribution < 1.29 is 17.9 Å². The molecule has 1 saturated heterocycles. The summed E-state index contributed by atoms with van der Waals surface area (Å²) in [5, 5.41) is 0. The summed E-state index contributed by atoms with van der Waals surface area (Å²) in [6, 6.07) is 1.29. The molecule has 0 radical (unpaired) electrons. The predicted octanol–water partition coefficient (Wildman–Crippen LogP) is 2.28. The van der Waals surface area contributed by atoms with Crippen LogP contribution in [-0.4, -0.2) is 12.6 Å². The number of rotatable bonds is 1. The van der Waals surface area contributed by atoms with Crippen molar-refractivity contribution in [1.82, 2.24) is 0 Å². The van der Waals surface area contributed by atoms with Gasteiger partial charge in [0, 0.05) is 24.3 Å². The summed E-state index contributed by atoms with van der Waals surface area (Å²) in [7, 11) is 0. The van der Waals surface area contributed by atoms with Crippen molar-refractivity contribution in [1.29, 1.82) is 0 Å². The normalized spacial score (nSPS) is 25.8. The number of ether oxygens (including phenoxy) is 1. The number of benzene rings is 1. The van der Waals surface area contributed by atoms with E-state index in [0.29, 0.717) is 25.5 Å². The van der Waals surface area contributed by atoms with Crippen LogP contribution in [0, 0.1) is 17.5 Å². The van der Waals surface area contributed by atoms with E-state index in [1.165, 1.54) is 0 Å². The standard InChI is InChI=1S/C11H12F3NO/c12-8-5-10(14)9(13)4-7(8)11-3-6(15)1-2-16-11/h4-6,11H,1-3,15H2. The van der Waals surface area contributed by atoms with Gasteiger partial charge in [-0.2, -0.15) is 0 Å². The molecule has 2 rings (SSSR count). The minimum atomic E-state index is -1.19. The fourth-order valence-electron chi connectivity index (χ4n) is 1.82. The van der Waals surface area contributed by atoms with Gasteiger partial charge >= 0.3 is 0 Å². The second-order valence-corrected chi connectivity index (χ2v) is 3.93. The monoisotopic (exact) mass is 231 g/mol. The maximum Gasteiger partial charge on any atom is 0.161 e. The summed E-state index contributed by atoms with van der Waals surface area (Å²) < 4.78 is 44.4. The van der Waals surface area contributed by atoms with Crippen molar-refractivity contribution >= 4 is 0 Å². The van der Waals surface area contributed by atoms with Gasteiger partial charge in [0.15, 0.2) is 11.6 Å². The highest BCUT2D eigenvalue weighted by atomic mass is 19.2. The third-order valence-corrected chi connectivity index (χ3v) is 2.71. The van der Waals surface area contributed by atoms with Gasteiger partial charge in [0.1, 0.15) is 5.82 Å². The van der Waals surface area contributed by atoms with Gasteiger partial charge in [-0.25, -0.2) is 13.2 Å². The highest BCUT2D eigenvalue weighted by molar-refractivity contribution is 5.23. The van der Waals surface area contributed by atoms with Crippen molar-refractivity contribution in [2.45, 2.75) is 25.0 Å². The van der Waals surface area contributed by atoms with Gasteiger partial charge in [-0.05, 0) is 18.9 Å². The lowest BCUT2D eigenvalue weighted by Crippen LogP contribution is -2.31. The molecule has 0 aliphatic carbocycles. The van der Waals surface area contributed by atoms with Crippen LogP contribution in [0.25, 0.3) is 0 Å². The van der Waals surface area contributed by atoms with Gasteiger partial charge in [-0.1, -0.05) is 0 Å². The maximum absolute atomic E-state index is 13.4. The lowest BCUT2D eigenvalue weighted by Gasteiger charge is -2.27. The summed E-state index contributed by atoms with van der Waals surface area (Å²) in [4.78, 5) is 0. The molecule has 1 fully saturated rings. The molecule has 1 aliphatic heterocycles. The second kappa shape index (κ2) is 4.43. The average molecular weight is 231 g/mol. The maximum atomic E-state index is 13.4. The van der Waals surface area contributed by atoms with E-state index >= 15 is 0 Å². The Labute approximate surface area is 91.2 Å². The van der Waals surface area contributed by atoms with E-state index in [4.69, 9.17) is 10.5 Å². The first-order valence-corrected chi connectivity index (χ1v) is 5.09. The molecule has 2 N–H and O–H groups in total. The van der Waals surface area contributed by atoms with Crippen LogP contribution in [0.15, 0.2) is 12.1 Å². The van der Waals surface area contributed by atoms with E-state index in [1.807, 2.05) is 0 Å². The highest BCUT2D eigenvalue weighted by Crippen LogP contribution is 2.30. The molecule has 0 saturated carbocycles. The number of hydrogen-bond donors (Lipinski definition) is 1. The fourth-order valence-corrected chi connectivity index (χ4v) is 1.82. The van der Waals surface area contributed by atoms with Gasteiger partial charge in [0.25, 0.3) is 0 Å². The zero-order valence-corrected chi connectivity index (χ0v) is 8.55. The Kier molecular flexibility index (Phi) is 3.16. The van der Waals surface area contributed by atoms with Crippen LogP contribution in [0.3, 0.4) is 0 Å². The Bertz CT molecular complexity index is 397. The molecule has 0 bridgehead atoms. The molecule has 1 aromatic rings. The van der Waals surface area contributed by atoms with Crippen LogP contribution in [0.2, 0.25) is 0 Å². The van der Waals surface area contributed by atoms with Crippen molar-refractivity contribution in [2.24, 2.45) is 5.73 Å². The van der Waals surface area contributed by atoms with E-state index in [2.05, 4.69) is 0 Å². The smallest absolute Gasteiger partial charge is 0.161 e. The second-order valence-electron chi connectivity index (χ2n) is 3.93. The van der Waals surface area contributed by atoms with Crippen molar-refractivity contribution in [2.75, 3.05) is 6.61 Å². The highest BCUT2D eigenvalue weighted by Gasteiger charge is 2.25. The van der Waals surface area contributed by atoms with Gasteiger partial charge in [0.05, 0.1) is 6.10 Å². The number of hydrogen-bond acceptors (Lipinski definition) is 2. The Morgan fingerprint density at radius 2 is 1.81 bits per heavy atom. The van der Waals surface area contributed by atoms with Crippen LogP contribution in [-0.2, 0) is 4.74 Å². The van der Waals surface area contributed by atoms with Gasteiger partial charge in [-0.3, -0.25) is 0 Å². The minimum absolute atomic E-state index is 0.0362. The van der Waals surface area contributed by atoms with Gasteiger partial charge in [0.2, 0.25) is 0 Å². The molecule has 1 heterocycles. The Morgan fingerprint density at radius 1 is 1.12 bits per heavy atom. The number of halogens is 3. The molecule has 0 aromatic heterocycles. The summed E-state index contributed by atoms with van der Waals surface area (Å²) in [5.74, 6) is -3.06. The van der Waals surface area contributed by atoms with Crippen molar-refractivity contribution in [3.8, 4) is 0 Å². The Balaban J connectivity index is 2.29. The minimum Gasteiger partial charge on any atom is -0.373 e. The topological polar surface area (TPSA) is 35.2 Å².